The fourth-order valence-corrected chi connectivity index (χ4v) is 2.75. The summed E-state index contributed by atoms with van der Waals surface area (Å²) in [5, 5.41) is 3.66. The van der Waals surface area contributed by atoms with Crippen LogP contribution in [0.15, 0.2) is 18.2 Å². The van der Waals surface area contributed by atoms with Crippen molar-refractivity contribution in [1.29, 1.82) is 0 Å². The van der Waals surface area contributed by atoms with Crippen molar-refractivity contribution in [3.05, 3.63) is 34.9 Å². The first-order chi connectivity index (χ1) is 8.09. The van der Waals surface area contributed by atoms with Crippen LogP contribution >= 0.6 is 0 Å². The van der Waals surface area contributed by atoms with Crippen LogP contribution in [0.3, 0.4) is 0 Å². The molecule has 2 nitrogen and oxygen atoms in total. The SMILES string of the molecule is Cc1cccc(C2CC(N(C)C)CCN2)c1C. The summed E-state index contributed by atoms with van der Waals surface area (Å²) in [5.74, 6) is 0. The number of rotatable bonds is 2. The molecule has 17 heavy (non-hydrogen) atoms. The zero-order valence-corrected chi connectivity index (χ0v) is 11.5. The van der Waals surface area contributed by atoms with Gasteiger partial charge in [-0.3, -0.25) is 0 Å². The third-order valence-corrected chi connectivity index (χ3v) is 4.13. The average Bonchev–Trinajstić information content (AvgIpc) is 2.33. The van der Waals surface area contributed by atoms with E-state index in [0.717, 1.165) is 6.54 Å². The molecule has 1 heterocycles. The minimum Gasteiger partial charge on any atom is -0.310 e. The second kappa shape index (κ2) is 5.19. The number of nitrogens with one attached hydrogen (secondary N) is 1. The lowest BCUT2D eigenvalue weighted by Gasteiger charge is -2.35. The lowest BCUT2D eigenvalue weighted by molar-refractivity contribution is 0.207. The summed E-state index contributed by atoms with van der Waals surface area (Å²) in [6.07, 6.45) is 2.48. The Morgan fingerprint density at radius 1 is 1.24 bits per heavy atom. The molecule has 0 radical (unpaired) electrons. The van der Waals surface area contributed by atoms with Crippen LogP contribution in [-0.2, 0) is 0 Å². The van der Waals surface area contributed by atoms with Crippen LogP contribution in [-0.4, -0.2) is 31.6 Å². The normalized spacial score (nSPS) is 25.2. The summed E-state index contributed by atoms with van der Waals surface area (Å²) < 4.78 is 0. The molecular weight excluding hydrogens is 208 g/mol. The van der Waals surface area contributed by atoms with Crippen molar-refractivity contribution < 1.29 is 0 Å². The van der Waals surface area contributed by atoms with Gasteiger partial charge in [0, 0.05) is 12.1 Å². The Hall–Kier alpha value is -0.860. The monoisotopic (exact) mass is 232 g/mol. The van der Waals surface area contributed by atoms with Gasteiger partial charge in [0.1, 0.15) is 0 Å². The molecule has 1 N–H and O–H groups in total. The first kappa shape index (κ1) is 12.6. The van der Waals surface area contributed by atoms with Gasteiger partial charge in [0.15, 0.2) is 0 Å². The first-order valence-corrected chi connectivity index (χ1v) is 6.55. The molecule has 0 spiro atoms. The van der Waals surface area contributed by atoms with Gasteiger partial charge in [0.25, 0.3) is 0 Å². The molecule has 2 rings (SSSR count). The molecule has 1 aliphatic rings. The molecular formula is C15H24N2. The van der Waals surface area contributed by atoms with E-state index in [-0.39, 0.29) is 0 Å². The van der Waals surface area contributed by atoms with Crippen molar-refractivity contribution >= 4 is 0 Å². The van der Waals surface area contributed by atoms with Gasteiger partial charge >= 0.3 is 0 Å². The number of benzene rings is 1. The second-order valence-corrected chi connectivity index (χ2v) is 5.44. The molecule has 1 aromatic carbocycles. The Balaban J connectivity index is 2.19. The summed E-state index contributed by atoms with van der Waals surface area (Å²) in [4.78, 5) is 2.36. The van der Waals surface area contributed by atoms with Crippen molar-refractivity contribution in [2.24, 2.45) is 0 Å². The van der Waals surface area contributed by atoms with Crippen LogP contribution < -0.4 is 5.32 Å². The maximum Gasteiger partial charge on any atom is 0.0337 e. The van der Waals surface area contributed by atoms with Crippen LogP contribution in [0.25, 0.3) is 0 Å². The highest BCUT2D eigenvalue weighted by Gasteiger charge is 2.24. The molecule has 1 saturated heterocycles. The fraction of sp³-hybridized carbons (Fsp3) is 0.600. The van der Waals surface area contributed by atoms with E-state index >= 15 is 0 Å². The van der Waals surface area contributed by atoms with E-state index in [1.807, 2.05) is 0 Å². The van der Waals surface area contributed by atoms with E-state index in [9.17, 15) is 0 Å². The van der Waals surface area contributed by atoms with E-state index in [1.165, 1.54) is 29.5 Å². The predicted octanol–water partition coefficient (Wildman–Crippen LogP) is 2.66. The molecule has 0 bridgehead atoms. The van der Waals surface area contributed by atoms with E-state index in [0.29, 0.717) is 12.1 Å². The maximum absolute atomic E-state index is 3.66. The second-order valence-electron chi connectivity index (χ2n) is 5.44. The molecule has 0 aromatic heterocycles. The van der Waals surface area contributed by atoms with Crippen molar-refractivity contribution in [3.8, 4) is 0 Å². The van der Waals surface area contributed by atoms with Gasteiger partial charge in [0.05, 0.1) is 0 Å². The van der Waals surface area contributed by atoms with Gasteiger partial charge < -0.3 is 10.2 Å². The largest absolute Gasteiger partial charge is 0.310 e. The first-order valence-electron chi connectivity index (χ1n) is 6.55. The predicted molar refractivity (Wildman–Crippen MR) is 73.4 cm³/mol. The van der Waals surface area contributed by atoms with Crippen molar-refractivity contribution in [3.63, 3.8) is 0 Å². The number of hydrogen-bond acceptors (Lipinski definition) is 2. The highest BCUT2D eigenvalue weighted by molar-refractivity contribution is 5.35. The Labute approximate surface area is 105 Å². The van der Waals surface area contributed by atoms with Crippen LogP contribution in [0, 0.1) is 13.8 Å². The van der Waals surface area contributed by atoms with E-state index in [2.05, 4.69) is 56.4 Å². The van der Waals surface area contributed by atoms with Crippen molar-refractivity contribution in [1.82, 2.24) is 10.2 Å². The lowest BCUT2D eigenvalue weighted by atomic mass is 9.89. The quantitative estimate of drug-likeness (QED) is 0.843. The minimum absolute atomic E-state index is 0.524. The lowest BCUT2D eigenvalue weighted by Crippen LogP contribution is -2.41. The fourth-order valence-electron chi connectivity index (χ4n) is 2.75. The molecule has 94 valence electrons. The highest BCUT2D eigenvalue weighted by Crippen LogP contribution is 2.28. The summed E-state index contributed by atoms with van der Waals surface area (Å²) >= 11 is 0. The summed E-state index contributed by atoms with van der Waals surface area (Å²) in [5.41, 5.74) is 4.33. The zero-order chi connectivity index (χ0) is 12.4. The number of aryl methyl sites for hydroxylation is 1. The number of hydrogen-bond donors (Lipinski definition) is 1. The Morgan fingerprint density at radius 2 is 2.00 bits per heavy atom. The summed E-state index contributed by atoms with van der Waals surface area (Å²) in [7, 11) is 4.38. The summed E-state index contributed by atoms with van der Waals surface area (Å²) in [6.45, 7) is 5.57. The van der Waals surface area contributed by atoms with E-state index < -0.39 is 0 Å². The maximum atomic E-state index is 3.66. The average molecular weight is 232 g/mol. The Kier molecular flexibility index (Phi) is 3.85. The molecule has 1 aliphatic heterocycles. The van der Waals surface area contributed by atoms with Crippen LogP contribution in [0.5, 0.6) is 0 Å². The van der Waals surface area contributed by atoms with E-state index in [4.69, 9.17) is 0 Å². The Morgan fingerprint density at radius 3 is 2.71 bits per heavy atom. The number of piperidine rings is 1. The number of nitrogens with zero attached hydrogens (tertiary/aromatic N) is 1. The van der Waals surface area contributed by atoms with Crippen LogP contribution in [0.1, 0.15) is 35.6 Å². The van der Waals surface area contributed by atoms with Crippen molar-refractivity contribution in [2.45, 2.75) is 38.8 Å². The van der Waals surface area contributed by atoms with Crippen LogP contribution in [0.4, 0.5) is 0 Å². The molecule has 0 amide bonds. The molecule has 1 fully saturated rings. The summed E-state index contributed by atoms with van der Waals surface area (Å²) in [6, 6.07) is 7.89. The molecule has 2 unspecified atom stereocenters. The minimum atomic E-state index is 0.524. The Bertz CT molecular complexity index is 385. The van der Waals surface area contributed by atoms with Gasteiger partial charge in [-0.15, -0.1) is 0 Å². The molecule has 2 heteroatoms. The van der Waals surface area contributed by atoms with Gasteiger partial charge in [-0.2, -0.15) is 0 Å². The highest BCUT2D eigenvalue weighted by atomic mass is 15.1. The van der Waals surface area contributed by atoms with Gasteiger partial charge in [-0.25, -0.2) is 0 Å². The zero-order valence-electron chi connectivity index (χ0n) is 11.5. The van der Waals surface area contributed by atoms with Crippen LogP contribution in [0.2, 0.25) is 0 Å². The molecule has 1 aromatic rings. The molecule has 0 saturated carbocycles. The van der Waals surface area contributed by atoms with Gasteiger partial charge in [-0.05, 0) is 64.0 Å². The third kappa shape index (κ3) is 2.70. The topological polar surface area (TPSA) is 15.3 Å². The third-order valence-electron chi connectivity index (χ3n) is 4.13. The van der Waals surface area contributed by atoms with Gasteiger partial charge in [-0.1, -0.05) is 18.2 Å². The van der Waals surface area contributed by atoms with Crippen molar-refractivity contribution in [2.75, 3.05) is 20.6 Å². The molecule has 0 aliphatic carbocycles. The van der Waals surface area contributed by atoms with Gasteiger partial charge in [0.2, 0.25) is 0 Å². The smallest absolute Gasteiger partial charge is 0.0337 e. The standard InChI is InChI=1S/C15H24N2/c1-11-6-5-7-14(12(11)2)15-10-13(17(3)4)8-9-16-15/h5-7,13,15-16H,8-10H2,1-4H3. The molecule has 2 atom stereocenters. The van der Waals surface area contributed by atoms with E-state index in [1.54, 1.807) is 0 Å².